The van der Waals surface area contributed by atoms with Gasteiger partial charge in [0.25, 0.3) is 0 Å². The van der Waals surface area contributed by atoms with E-state index < -0.39 is 0 Å². The van der Waals surface area contributed by atoms with E-state index in [0.29, 0.717) is 24.7 Å². The fourth-order valence-electron chi connectivity index (χ4n) is 10.3. The molecule has 2 heterocycles. The number of quaternary nitrogens is 1. The summed E-state index contributed by atoms with van der Waals surface area (Å²) in [6.45, 7) is 9.05. The molecule has 10 aromatic rings. The minimum atomic E-state index is 0. The van der Waals surface area contributed by atoms with E-state index in [-0.39, 0.29) is 31.3 Å². The van der Waals surface area contributed by atoms with E-state index in [1.807, 2.05) is 42.9 Å². The van der Waals surface area contributed by atoms with Crippen LogP contribution in [0.15, 0.2) is 224 Å². The molecule has 0 saturated carbocycles. The summed E-state index contributed by atoms with van der Waals surface area (Å²) >= 11 is 0. The Labute approximate surface area is 438 Å². The van der Waals surface area contributed by atoms with Crippen molar-refractivity contribution in [2.24, 2.45) is 4.99 Å². The van der Waals surface area contributed by atoms with E-state index in [2.05, 4.69) is 220 Å². The zero-order chi connectivity index (χ0) is 48.5. The fourth-order valence-corrected chi connectivity index (χ4v) is 10.3. The van der Waals surface area contributed by atoms with Gasteiger partial charge in [-0.15, -0.1) is 35.9 Å². The minimum absolute atomic E-state index is 0. The Morgan fingerprint density at radius 3 is 1.67 bits per heavy atom. The predicted molar refractivity (Wildman–Crippen MR) is 296 cm³/mol. The zero-order valence-electron chi connectivity index (χ0n) is 41.0. The van der Waals surface area contributed by atoms with Crippen LogP contribution in [0.25, 0.3) is 61.5 Å². The molecular weight excluding hydrogens is 1060 g/mol. The zero-order valence-corrected chi connectivity index (χ0v) is 43.3. The number of phenolic OH excluding ortho intramolecular Hbond substituents is 1. The van der Waals surface area contributed by atoms with Gasteiger partial charge in [0.05, 0.1) is 23.1 Å². The molecule has 6 heteroatoms. The molecule has 0 saturated heterocycles. The third-order valence-corrected chi connectivity index (χ3v) is 14.0. The monoisotopic (exact) mass is 1120 g/mol. The maximum atomic E-state index is 13.1. The molecule has 0 aliphatic carbocycles. The van der Waals surface area contributed by atoms with E-state index in [4.69, 9.17) is 9.98 Å². The molecule has 1 aliphatic rings. The van der Waals surface area contributed by atoms with Gasteiger partial charge in [-0.2, -0.15) is 4.48 Å². The van der Waals surface area contributed by atoms with Crippen LogP contribution in [0.5, 0.6) is 5.75 Å². The van der Waals surface area contributed by atoms with Gasteiger partial charge in [0.15, 0.2) is 17.1 Å². The van der Waals surface area contributed by atoms with E-state index in [1.54, 1.807) is 0 Å². The van der Waals surface area contributed by atoms with E-state index in [1.165, 1.54) is 16.7 Å². The number of imidazole rings is 1. The molecule has 0 spiro atoms. The molecule has 1 aliphatic heterocycles. The Morgan fingerprint density at radius 1 is 0.542 bits per heavy atom. The Morgan fingerprint density at radius 2 is 1.10 bits per heavy atom. The third-order valence-electron chi connectivity index (χ3n) is 14.0. The minimum Gasteiger partial charge on any atom is -0.502 e. The van der Waals surface area contributed by atoms with E-state index in [0.717, 1.165) is 89.6 Å². The largest absolute Gasteiger partial charge is 0.502 e. The van der Waals surface area contributed by atoms with Gasteiger partial charge in [0.2, 0.25) is 6.34 Å². The Hall–Kier alpha value is -7.69. The average molecular weight is 1120 g/mol. The second-order valence-electron chi connectivity index (χ2n) is 19.3. The van der Waals surface area contributed by atoms with Crippen molar-refractivity contribution in [1.29, 1.82) is 0 Å². The molecule has 0 bridgehead atoms. The van der Waals surface area contributed by atoms with Crippen molar-refractivity contribution in [3.8, 4) is 56.2 Å². The normalized spacial score (nSPS) is 14.1. The topological polar surface area (TPSA) is 50.4 Å². The Kier molecular flexibility index (Phi) is 13.7. The van der Waals surface area contributed by atoms with Crippen LogP contribution in [-0.4, -0.2) is 21.0 Å². The molecule has 0 fully saturated rings. The number of hydrogen-bond acceptors (Lipinski definition) is 3. The molecule has 1 aromatic heterocycles. The van der Waals surface area contributed by atoms with Crippen molar-refractivity contribution >= 4 is 28.7 Å². The van der Waals surface area contributed by atoms with Crippen molar-refractivity contribution in [2.45, 2.75) is 52.4 Å². The second-order valence-corrected chi connectivity index (χ2v) is 19.3. The molecule has 11 rings (SSSR count). The first-order chi connectivity index (χ1) is 34.8. The molecule has 5 nitrogen and oxygen atoms in total. The van der Waals surface area contributed by atoms with Crippen molar-refractivity contribution in [3.05, 3.63) is 258 Å². The van der Waals surface area contributed by atoms with Crippen LogP contribution < -0.4 is 4.48 Å². The van der Waals surface area contributed by atoms with Gasteiger partial charge in [-0.3, -0.25) is 4.98 Å². The summed E-state index contributed by atoms with van der Waals surface area (Å²) in [5, 5.41) is 13.1. The maximum Gasteiger partial charge on any atom is 0.205 e. The summed E-state index contributed by atoms with van der Waals surface area (Å²) in [4.78, 5) is 10.3. The van der Waals surface area contributed by atoms with Crippen molar-refractivity contribution in [2.75, 3.05) is 0 Å². The van der Waals surface area contributed by atoms with Crippen LogP contribution in [-0.2, 0) is 33.9 Å². The number of fused-ring (bicyclic) bond motifs is 1. The van der Waals surface area contributed by atoms with Gasteiger partial charge < -0.3 is 9.67 Å². The van der Waals surface area contributed by atoms with Gasteiger partial charge in [0, 0.05) is 55.9 Å². The summed E-state index contributed by atoms with van der Waals surface area (Å²) in [6, 6.07) is 76.2. The number of benzene rings is 9. The molecule has 0 amide bonds. The molecule has 1 atom stereocenters. The van der Waals surface area contributed by atoms with Crippen LogP contribution in [0.2, 0.25) is 0 Å². The summed E-state index contributed by atoms with van der Waals surface area (Å²) in [5.41, 5.74) is 19.0. The molecular formula is C66H56N4OPt. The standard InChI is InChI=1S/C66H56N4O.Pt/c1-45(2)54-39-55(46(3)4)42-58(41-54)69-61-34-19-31-53(63(61)68-66(69)50-27-15-8-16-28-50)37-51-29-17-18-30-52(51)38-57-40-56(47-21-9-5-10-22-47)43-62(65(57)71)70(36-35-67-44-70)64-59(48-23-11-6-12-24-48)32-20-33-60(64)49-25-13-7-14-26-49;/h5-27,29-36,39-46,71H,37-38H2,1-4H3;. The second kappa shape index (κ2) is 20.6. The number of rotatable bonds is 13. The molecule has 72 heavy (non-hydrogen) atoms. The summed E-state index contributed by atoms with van der Waals surface area (Å²) in [5.74, 6) is 1.84. The smallest absolute Gasteiger partial charge is 0.205 e. The molecule has 1 unspecified atom stereocenters. The van der Waals surface area contributed by atoms with Crippen LogP contribution in [0.3, 0.4) is 0 Å². The number of phenols is 1. The summed E-state index contributed by atoms with van der Waals surface area (Å²) in [6.07, 6.45) is 7.06. The predicted octanol–water partition coefficient (Wildman–Crippen LogP) is 16.8. The molecule has 356 valence electrons. The van der Waals surface area contributed by atoms with Crippen LogP contribution in [0.4, 0.5) is 11.4 Å². The fraction of sp³-hybridized carbons (Fsp3) is 0.121. The first-order valence-corrected chi connectivity index (χ1v) is 24.7. The number of aliphatic imine (C=N–C) groups is 1. The molecule has 1 N–H and O–H groups in total. The SMILES string of the molecule is CC(C)c1cc(C(C)C)cc(-n2c(-c3[c-]cccc3)nc3c(Cc4ccccc4Cc4cc(-c5ccccc5)cc([N+]5(c6c(-c7ccccc7)cccc6-c6ccccc6)C=CN=C5)c4O)cccc32)c1.[Pt]. The quantitative estimate of drug-likeness (QED) is 0.0924. The van der Waals surface area contributed by atoms with Gasteiger partial charge in [-0.1, -0.05) is 167 Å². The number of aromatic hydroxyl groups is 1. The number of para-hydroxylation sites is 2. The van der Waals surface area contributed by atoms with Crippen LogP contribution >= 0.6 is 0 Å². The van der Waals surface area contributed by atoms with Crippen LogP contribution in [0, 0.1) is 6.07 Å². The Balaban J connectivity index is 0.00000596. The van der Waals surface area contributed by atoms with Crippen LogP contribution in [0.1, 0.15) is 72.9 Å². The summed E-state index contributed by atoms with van der Waals surface area (Å²) in [7, 11) is 0. The Bertz CT molecular complexity index is 3500. The molecule has 0 radical (unpaired) electrons. The first-order valence-electron chi connectivity index (χ1n) is 24.7. The van der Waals surface area contributed by atoms with Crippen molar-refractivity contribution in [3.63, 3.8) is 0 Å². The number of aromatic nitrogens is 2. The van der Waals surface area contributed by atoms with E-state index in [9.17, 15) is 5.11 Å². The van der Waals surface area contributed by atoms with Crippen molar-refractivity contribution < 1.29 is 26.2 Å². The van der Waals surface area contributed by atoms with Gasteiger partial charge >= 0.3 is 0 Å². The number of hydrogen-bond donors (Lipinski definition) is 1. The van der Waals surface area contributed by atoms with Crippen molar-refractivity contribution in [1.82, 2.24) is 14.0 Å². The first kappa shape index (κ1) is 48.0. The van der Waals surface area contributed by atoms with Gasteiger partial charge in [-0.25, -0.2) is 4.99 Å². The van der Waals surface area contributed by atoms with Gasteiger partial charge in [0.1, 0.15) is 6.20 Å². The number of nitrogens with zero attached hydrogens (tertiary/aromatic N) is 4. The third kappa shape index (κ3) is 9.11. The van der Waals surface area contributed by atoms with E-state index >= 15 is 0 Å². The summed E-state index contributed by atoms with van der Waals surface area (Å²) < 4.78 is 2.41. The maximum absolute atomic E-state index is 13.1. The average Bonchev–Trinajstić information content (AvgIpc) is 4.08. The van der Waals surface area contributed by atoms with Gasteiger partial charge in [-0.05, 0) is 105 Å². The molecule has 9 aromatic carbocycles.